The maximum atomic E-state index is 13.5. The zero-order valence-corrected chi connectivity index (χ0v) is 12.2. The van der Waals surface area contributed by atoms with Crippen molar-refractivity contribution >= 4 is 23.0 Å². The Labute approximate surface area is 122 Å². The average molecular weight is 301 g/mol. The molecule has 1 aliphatic carbocycles. The standard InChI is InChI=1S/C14H18ClFN2O2/c1-2-14(5-3-4-6-14)9-17-12-8-11(16)10(15)7-13(12)18(19)20/h7-8,17H,2-6,9H2,1H3. The minimum atomic E-state index is -0.642. The lowest BCUT2D eigenvalue weighted by atomic mass is 9.83. The van der Waals surface area contributed by atoms with Crippen LogP contribution in [0, 0.1) is 21.3 Å². The van der Waals surface area contributed by atoms with Crippen molar-refractivity contribution in [1.29, 1.82) is 0 Å². The van der Waals surface area contributed by atoms with Crippen LogP contribution in [-0.2, 0) is 0 Å². The van der Waals surface area contributed by atoms with Crippen molar-refractivity contribution in [3.05, 3.63) is 33.1 Å². The van der Waals surface area contributed by atoms with Gasteiger partial charge in [0.2, 0.25) is 0 Å². The van der Waals surface area contributed by atoms with E-state index < -0.39 is 10.7 Å². The van der Waals surface area contributed by atoms with Crippen LogP contribution in [0.25, 0.3) is 0 Å². The Hall–Kier alpha value is -1.36. The molecule has 0 saturated heterocycles. The summed E-state index contributed by atoms with van der Waals surface area (Å²) < 4.78 is 13.5. The Morgan fingerprint density at radius 2 is 2.10 bits per heavy atom. The summed E-state index contributed by atoms with van der Waals surface area (Å²) in [5.41, 5.74) is 0.196. The van der Waals surface area contributed by atoms with Gasteiger partial charge >= 0.3 is 0 Å². The predicted octanol–water partition coefficient (Wildman–Crippen LogP) is 4.77. The first kappa shape index (κ1) is 15.0. The number of halogens is 2. The topological polar surface area (TPSA) is 55.2 Å². The van der Waals surface area contributed by atoms with Crippen LogP contribution < -0.4 is 5.32 Å². The number of benzene rings is 1. The summed E-state index contributed by atoms with van der Waals surface area (Å²) in [6.07, 6.45) is 5.61. The third-order valence-corrected chi connectivity index (χ3v) is 4.59. The summed E-state index contributed by atoms with van der Waals surface area (Å²) in [6, 6.07) is 2.17. The maximum absolute atomic E-state index is 13.5. The van der Waals surface area contributed by atoms with E-state index in [4.69, 9.17) is 11.6 Å². The minimum absolute atomic E-state index is 0.171. The van der Waals surface area contributed by atoms with E-state index in [9.17, 15) is 14.5 Å². The van der Waals surface area contributed by atoms with E-state index in [1.165, 1.54) is 12.8 Å². The predicted molar refractivity (Wildman–Crippen MR) is 77.7 cm³/mol. The molecule has 0 unspecified atom stereocenters. The summed E-state index contributed by atoms with van der Waals surface area (Å²) in [5.74, 6) is -0.642. The van der Waals surface area contributed by atoms with Gasteiger partial charge in [-0.05, 0) is 24.7 Å². The van der Waals surface area contributed by atoms with Gasteiger partial charge in [-0.2, -0.15) is 0 Å². The Morgan fingerprint density at radius 3 is 2.65 bits per heavy atom. The molecule has 0 aromatic heterocycles. The molecule has 4 nitrogen and oxygen atoms in total. The van der Waals surface area contributed by atoms with E-state index in [1.807, 2.05) is 0 Å². The molecule has 6 heteroatoms. The van der Waals surface area contributed by atoms with Crippen molar-refractivity contribution in [2.45, 2.75) is 39.0 Å². The molecule has 0 bridgehead atoms. The highest BCUT2D eigenvalue weighted by Gasteiger charge is 2.32. The van der Waals surface area contributed by atoms with Gasteiger partial charge in [0.1, 0.15) is 11.5 Å². The van der Waals surface area contributed by atoms with Gasteiger partial charge in [-0.1, -0.05) is 31.4 Å². The number of nitrogens with zero attached hydrogens (tertiary/aromatic N) is 1. The summed E-state index contributed by atoms with van der Waals surface area (Å²) in [4.78, 5) is 10.5. The molecule has 1 aromatic carbocycles. The number of rotatable bonds is 5. The summed E-state index contributed by atoms with van der Waals surface area (Å²) in [6.45, 7) is 2.76. The van der Waals surface area contributed by atoms with Crippen LogP contribution in [-0.4, -0.2) is 11.5 Å². The van der Waals surface area contributed by atoms with Crippen LogP contribution in [0.5, 0.6) is 0 Å². The molecule has 0 amide bonds. The molecule has 1 saturated carbocycles. The van der Waals surface area contributed by atoms with Crippen molar-refractivity contribution in [3.63, 3.8) is 0 Å². The zero-order valence-electron chi connectivity index (χ0n) is 11.4. The first-order valence-electron chi connectivity index (χ1n) is 6.85. The highest BCUT2D eigenvalue weighted by molar-refractivity contribution is 6.31. The molecule has 2 rings (SSSR count). The van der Waals surface area contributed by atoms with Gasteiger partial charge in [-0.15, -0.1) is 0 Å². The van der Waals surface area contributed by atoms with Crippen molar-refractivity contribution in [2.24, 2.45) is 5.41 Å². The van der Waals surface area contributed by atoms with Gasteiger partial charge in [-0.25, -0.2) is 4.39 Å². The summed E-state index contributed by atoms with van der Waals surface area (Å²) >= 11 is 5.60. The molecule has 1 N–H and O–H groups in total. The maximum Gasteiger partial charge on any atom is 0.294 e. The first-order chi connectivity index (χ1) is 9.47. The Kier molecular flexibility index (Phi) is 4.48. The van der Waals surface area contributed by atoms with Crippen LogP contribution in [0.1, 0.15) is 39.0 Å². The second-order valence-electron chi connectivity index (χ2n) is 5.45. The number of nitrogens with one attached hydrogen (secondary N) is 1. The molecule has 1 aliphatic rings. The van der Waals surface area contributed by atoms with Crippen LogP contribution in [0.2, 0.25) is 5.02 Å². The van der Waals surface area contributed by atoms with E-state index >= 15 is 0 Å². The fourth-order valence-corrected chi connectivity index (χ4v) is 3.05. The molecule has 20 heavy (non-hydrogen) atoms. The molecule has 110 valence electrons. The second-order valence-corrected chi connectivity index (χ2v) is 5.86. The van der Waals surface area contributed by atoms with Crippen molar-refractivity contribution in [2.75, 3.05) is 11.9 Å². The van der Waals surface area contributed by atoms with Crippen LogP contribution in [0.3, 0.4) is 0 Å². The van der Waals surface area contributed by atoms with Crippen LogP contribution in [0.15, 0.2) is 12.1 Å². The lowest BCUT2D eigenvalue weighted by molar-refractivity contribution is -0.384. The Balaban J connectivity index is 2.20. The molecule has 0 heterocycles. The lowest BCUT2D eigenvalue weighted by Gasteiger charge is -2.28. The quantitative estimate of drug-likeness (QED) is 0.629. The Morgan fingerprint density at radius 1 is 1.45 bits per heavy atom. The van der Waals surface area contributed by atoms with Gasteiger partial charge in [0, 0.05) is 18.7 Å². The second kappa shape index (κ2) is 5.95. The van der Waals surface area contributed by atoms with E-state index in [2.05, 4.69) is 12.2 Å². The summed E-state index contributed by atoms with van der Waals surface area (Å²) in [5, 5.41) is 13.8. The third kappa shape index (κ3) is 3.03. The number of hydrogen-bond acceptors (Lipinski definition) is 3. The SMILES string of the molecule is CCC1(CNc2cc(F)c(Cl)cc2[N+](=O)[O-])CCCC1. The number of nitro groups is 1. The van der Waals surface area contributed by atoms with E-state index in [1.54, 1.807) is 0 Å². The third-order valence-electron chi connectivity index (χ3n) is 4.30. The fourth-order valence-electron chi connectivity index (χ4n) is 2.89. The highest BCUT2D eigenvalue weighted by atomic mass is 35.5. The lowest BCUT2D eigenvalue weighted by Crippen LogP contribution is -2.26. The molecule has 1 aromatic rings. The number of nitro benzene ring substituents is 1. The molecular formula is C14H18ClFN2O2. The summed E-state index contributed by atoms with van der Waals surface area (Å²) in [7, 11) is 0. The Bertz CT molecular complexity index is 516. The number of hydrogen-bond donors (Lipinski definition) is 1. The largest absolute Gasteiger partial charge is 0.379 e. The van der Waals surface area contributed by atoms with Gasteiger partial charge in [0.05, 0.1) is 9.95 Å². The molecule has 0 radical (unpaired) electrons. The molecule has 0 spiro atoms. The van der Waals surface area contributed by atoms with Crippen LogP contribution in [0.4, 0.5) is 15.8 Å². The van der Waals surface area contributed by atoms with Crippen molar-refractivity contribution < 1.29 is 9.31 Å². The highest BCUT2D eigenvalue weighted by Crippen LogP contribution is 2.41. The molecule has 1 fully saturated rings. The normalized spacial score (nSPS) is 17.1. The van der Waals surface area contributed by atoms with Gasteiger partial charge in [0.15, 0.2) is 0 Å². The average Bonchev–Trinajstić information content (AvgIpc) is 2.89. The van der Waals surface area contributed by atoms with Crippen molar-refractivity contribution in [3.8, 4) is 0 Å². The minimum Gasteiger partial charge on any atom is -0.379 e. The van der Waals surface area contributed by atoms with Gasteiger partial charge in [0.25, 0.3) is 5.69 Å². The monoisotopic (exact) mass is 300 g/mol. The van der Waals surface area contributed by atoms with E-state index in [0.717, 1.165) is 31.4 Å². The smallest absolute Gasteiger partial charge is 0.294 e. The van der Waals surface area contributed by atoms with E-state index in [-0.39, 0.29) is 21.8 Å². The molecular weight excluding hydrogens is 283 g/mol. The van der Waals surface area contributed by atoms with Gasteiger partial charge < -0.3 is 5.32 Å². The van der Waals surface area contributed by atoms with Gasteiger partial charge in [-0.3, -0.25) is 10.1 Å². The van der Waals surface area contributed by atoms with Crippen LogP contribution >= 0.6 is 11.6 Å². The zero-order chi connectivity index (χ0) is 14.8. The molecule has 0 atom stereocenters. The molecule has 0 aliphatic heterocycles. The number of anilines is 1. The van der Waals surface area contributed by atoms with Crippen molar-refractivity contribution in [1.82, 2.24) is 0 Å². The van der Waals surface area contributed by atoms with E-state index in [0.29, 0.717) is 6.54 Å². The first-order valence-corrected chi connectivity index (χ1v) is 7.22. The fraction of sp³-hybridized carbons (Fsp3) is 0.571.